The molecule has 1 aromatic rings. The van der Waals surface area contributed by atoms with E-state index in [9.17, 15) is 15.2 Å². The van der Waals surface area contributed by atoms with Crippen LogP contribution in [-0.2, 0) is 0 Å². The molecule has 1 saturated carbocycles. The molecule has 2 N–H and O–H groups in total. The van der Waals surface area contributed by atoms with Gasteiger partial charge in [-0.25, -0.2) is 0 Å². The minimum absolute atomic E-state index is 0.146. The molecule has 2 rings (SSSR count). The summed E-state index contributed by atoms with van der Waals surface area (Å²) < 4.78 is 0. The Morgan fingerprint density at radius 1 is 1.53 bits per heavy atom. The summed E-state index contributed by atoms with van der Waals surface area (Å²) in [6.45, 7) is 0.774. The van der Waals surface area contributed by atoms with E-state index in [1.54, 1.807) is 6.07 Å². The van der Waals surface area contributed by atoms with Gasteiger partial charge < -0.3 is 20.5 Å². The van der Waals surface area contributed by atoms with Gasteiger partial charge in [0.25, 0.3) is 0 Å². The van der Waals surface area contributed by atoms with Crippen LogP contribution in [0.2, 0.25) is 0 Å². The van der Waals surface area contributed by atoms with Crippen LogP contribution in [0.25, 0.3) is 0 Å². The molecule has 1 fully saturated rings. The number of rotatable bonds is 4. The van der Waals surface area contributed by atoms with Gasteiger partial charge in [-0.2, -0.15) is 0 Å². The average Bonchev–Trinajstić information content (AvgIpc) is 2.73. The molecule has 1 aliphatic carbocycles. The highest BCUT2D eigenvalue weighted by Gasteiger charge is 2.22. The fourth-order valence-electron chi connectivity index (χ4n) is 2.09. The fourth-order valence-corrected chi connectivity index (χ4v) is 2.09. The van der Waals surface area contributed by atoms with E-state index < -0.39 is 4.92 Å². The van der Waals surface area contributed by atoms with Crippen molar-refractivity contribution in [2.45, 2.75) is 25.4 Å². The van der Waals surface area contributed by atoms with Crippen molar-refractivity contribution in [3.63, 3.8) is 0 Å². The molecule has 92 valence electrons. The second kappa shape index (κ2) is 5.09. The summed E-state index contributed by atoms with van der Waals surface area (Å²) in [6, 6.07) is 3.03. The van der Waals surface area contributed by atoms with Gasteiger partial charge in [-0.05, 0) is 41.2 Å². The number of aromatic nitrogens is 1. The minimum atomic E-state index is -0.517. The highest BCUT2D eigenvalue weighted by Crippen LogP contribution is 2.25. The van der Waals surface area contributed by atoms with Gasteiger partial charge in [-0.3, -0.25) is 0 Å². The molecule has 1 aromatic heterocycles. The van der Waals surface area contributed by atoms with Crippen LogP contribution in [0.15, 0.2) is 18.3 Å². The number of aliphatic hydroxyl groups is 1. The Kier molecular flexibility index (Phi) is 3.53. The molecule has 17 heavy (non-hydrogen) atoms. The molecule has 0 aromatic carbocycles. The maximum atomic E-state index is 10.4. The topological polar surface area (TPSA) is 88.3 Å². The average molecular weight is 237 g/mol. The molecular formula is C11H15N3O3. The van der Waals surface area contributed by atoms with E-state index in [2.05, 4.69) is 10.3 Å². The van der Waals surface area contributed by atoms with Gasteiger partial charge in [0.15, 0.2) is 6.20 Å². The van der Waals surface area contributed by atoms with Crippen molar-refractivity contribution in [2.24, 2.45) is 5.92 Å². The predicted octanol–water partition coefficient (Wildman–Crippen LogP) is 1.56. The van der Waals surface area contributed by atoms with E-state index in [-0.39, 0.29) is 11.9 Å². The Hall–Kier alpha value is -1.69. The minimum Gasteiger partial charge on any atom is -0.393 e. The van der Waals surface area contributed by atoms with Gasteiger partial charge in [-0.1, -0.05) is 0 Å². The third kappa shape index (κ3) is 3.13. The van der Waals surface area contributed by atoms with Gasteiger partial charge in [0.1, 0.15) is 0 Å². The summed E-state index contributed by atoms with van der Waals surface area (Å²) in [5.74, 6) is 0.326. The summed E-state index contributed by atoms with van der Waals surface area (Å²) in [5.41, 5.74) is 0.775. The van der Waals surface area contributed by atoms with Gasteiger partial charge in [0.2, 0.25) is 0 Å². The molecule has 0 amide bonds. The lowest BCUT2D eigenvalue weighted by Gasteiger charge is -2.10. The Labute approximate surface area is 98.8 Å². The van der Waals surface area contributed by atoms with Crippen molar-refractivity contribution in [2.75, 3.05) is 11.9 Å². The van der Waals surface area contributed by atoms with E-state index in [0.717, 1.165) is 31.5 Å². The monoisotopic (exact) mass is 237 g/mol. The first-order valence-electron chi connectivity index (χ1n) is 5.67. The van der Waals surface area contributed by atoms with Crippen molar-refractivity contribution < 1.29 is 10.0 Å². The molecule has 6 nitrogen and oxygen atoms in total. The normalized spacial score (nSPS) is 23.6. The zero-order valence-corrected chi connectivity index (χ0v) is 9.37. The van der Waals surface area contributed by atoms with Crippen molar-refractivity contribution in [3.05, 3.63) is 28.4 Å². The van der Waals surface area contributed by atoms with Crippen LogP contribution in [0.5, 0.6) is 0 Å². The zero-order valence-electron chi connectivity index (χ0n) is 9.37. The number of hydrogen-bond acceptors (Lipinski definition) is 5. The standard InChI is InChI=1S/C11H15N3O3/c15-10-3-1-8(5-10)6-12-9-2-4-11(13-7-9)14(16)17/h2,4,7-8,10,12,15H,1,3,5-6H2. The second-order valence-corrected chi connectivity index (χ2v) is 4.38. The summed E-state index contributed by atoms with van der Waals surface area (Å²) >= 11 is 0. The summed E-state index contributed by atoms with van der Waals surface area (Å²) in [6.07, 6.45) is 4.01. The Morgan fingerprint density at radius 3 is 2.88 bits per heavy atom. The fraction of sp³-hybridized carbons (Fsp3) is 0.545. The molecule has 2 atom stereocenters. The van der Waals surface area contributed by atoms with Crippen LogP contribution >= 0.6 is 0 Å². The number of nitro groups is 1. The van der Waals surface area contributed by atoms with Crippen LogP contribution in [0.1, 0.15) is 19.3 Å². The molecule has 2 unspecified atom stereocenters. The molecular weight excluding hydrogens is 222 g/mol. The Balaban J connectivity index is 1.85. The van der Waals surface area contributed by atoms with Crippen molar-refractivity contribution >= 4 is 11.5 Å². The first kappa shape index (κ1) is 11.8. The van der Waals surface area contributed by atoms with E-state index in [1.165, 1.54) is 12.3 Å². The number of anilines is 1. The summed E-state index contributed by atoms with van der Waals surface area (Å²) in [5, 5.41) is 23.0. The third-order valence-corrected chi connectivity index (χ3v) is 3.04. The number of aliphatic hydroxyl groups excluding tert-OH is 1. The van der Waals surface area contributed by atoms with E-state index in [1.807, 2.05) is 0 Å². The molecule has 6 heteroatoms. The number of nitrogens with zero attached hydrogens (tertiary/aromatic N) is 2. The smallest absolute Gasteiger partial charge is 0.363 e. The molecule has 0 radical (unpaired) electrons. The summed E-state index contributed by atoms with van der Waals surface area (Å²) in [7, 11) is 0. The molecule has 0 saturated heterocycles. The SMILES string of the molecule is O=[N+]([O-])c1ccc(NCC2CCC(O)C2)cn1. The molecule has 0 aliphatic heterocycles. The highest BCUT2D eigenvalue weighted by molar-refractivity contribution is 5.43. The number of nitrogens with one attached hydrogen (secondary N) is 1. The highest BCUT2D eigenvalue weighted by atomic mass is 16.6. The largest absolute Gasteiger partial charge is 0.393 e. The quantitative estimate of drug-likeness (QED) is 0.612. The number of pyridine rings is 1. The van der Waals surface area contributed by atoms with Crippen LogP contribution < -0.4 is 5.32 Å². The zero-order chi connectivity index (χ0) is 12.3. The van der Waals surface area contributed by atoms with Gasteiger partial charge in [-0.15, -0.1) is 0 Å². The maximum Gasteiger partial charge on any atom is 0.363 e. The van der Waals surface area contributed by atoms with E-state index in [0.29, 0.717) is 5.92 Å². The number of hydrogen-bond donors (Lipinski definition) is 2. The lowest BCUT2D eigenvalue weighted by atomic mass is 10.1. The lowest BCUT2D eigenvalue weighted by Crippen LogP contribution is -2.12. The molecule has 0 spiro atoms. The van der Waals surface area contributed by atoms with Crippen molar-refractivity contribution in [1.82, 2.24) is 4.98 Å². The van der Waals surface area contributed by atoms with Gasteiger partial charge >= 0.3 is 5.82 Å². The maximum absolute atomic E-state index is 10.4. The van der Waals surface area contributed by atoms with Crippen LogP contribution in [0.3, 0.4) is 0 Å². The van der Waals surface area contributed by atoms with Gasteiger partial charge in [0.05, 0.1) is 11.8 Å². The molecule has 1 heterocycles. The first-order chi connectivity index (χ1) is 8.15. The Morgan fingerprint density at radius 2 is 2.35 bits per heavy atom. The lowest BCUT2D eigenvalue weighted by molar-refractivity contribution is -0.389. The Bertz CT molecular complexity index is 393. The molecule has 0 bridgehead atoms. The van der Waals surface area contributed by atoms with E-state index >= 15 is 0 Å². The van der Waals surface area contributed by atoms with Crippen molar-refractivity contribution in [1.29, 1.82) is 0 Å². The van der Waals surface area contributed by atoms with Crippen LogP contribution in [0.4, 0.5) is 11.5 Å². The third-order valence-electron chi connectivity index (χ3n) is 3.04. The first-order valence-corrected chi connectivity index (χ1v) is 5.67. The van der Waals surface area contributed by atoms with Crippen LogP contribution in [-0.4, -0.2) is 27.7 Å². The van der Waals surface area contributed by atoms with E-state index in [4.69, 9.17) is 0 Å². The predicted molar refractivity (Wildman–Crippen MR) is 62.7 cm³/mol. The summed E-state index contributed by atoms with van der Waals surface area (Å²) in [4.78, 5) is 13.6. The van der Waals surface area contributed by atoms with Crippen molar-refractivity contribution in [3.8, 4) is 0 Å². The second-order valence-electron chi connectivity index (χ2n) is 4.38. The molecule has 1 aliphatic rings. The van der Waals surface area contributed by atoms with Gasteiger partial charge in [0, 0.05) is 12.6 Å². The van der Waals surface area contributed by atoms with Crippen LogP contribution in [0, 0.1) is 16.0 Å².